The average Bonchev–Trinajstić information content (AvgIpc) is 3.19. The zero-order chi connectivity index (χ0) is 17.5. The number of carbonyl (C=O) groups is 1. The molecule has 132 valence electrons. The van der Waals surface area contributed by atoms with Crippen molar-refractivity contribution in [3.05, 3.63) is 66.1 Å². The van der Waals surface area contributed by atoms with Gasteiger partial charge in [-0.05, 0) is 42.5 Å². The predicted molar refractivity (Wildman–Crippen MR) is 94.6 cm³/mol. The molecule has 3 rings (SSSR count). The maximum atomic E-state index is 12.1. The SMILES string of the molecule is O=C(C=Cc1ccco1)NCC(O)(c1ccccc1)C1CCOCC1. The highest BCUT2D eigenvalue weighted by molar-refractivity contribution is 5.91. The van der Waals surface area contributed by atoms with E-state index in [-0.39, 0.29) is 18.4 Å². The summed E-state index contributed by atoms with van der Waals surface area (Å²) in [6.45, 7) is 1.42. The smallest absolute Gasteiger partial charge is 0.244 e. The maximum Gasteiger partial charge on any atom is 0.244 e. The second-order valence-electron chi connectivity index (χ2n) is 6.24. The molecule has 0 spiro atoms. The Morgan fingerprint density at radius 3 is 2.64 bits per heavy atom. The Kier molecular flexibility index (Phi) is 5.68. The van der Waals surface area contributed by atoms with Gasteiger partial charge in [0.15, 0.2) is 0 Å². The number of aliphatic hydroxyl groups is 1. The van der Waals surface area contributed by atoms with Crippen LogP contribution in [0.2, 0.25) is 0 Å². The normalized spacial score (nSPS) is 18.1. The summed E-state index contributed by atoms with van der Waals surface area (Å²) >= 11 is 0. The van der Waals surface area contributed by atoms with Crippen LogP contribution in [0.3, 0.4) is 0 Å². The molecule has 1 unspecified atom stereocenters. The molecule has 2 aromatic rings. The molecule has 0 bridgehead atoms. The first-order chi connectivity index (χ1) is 12.2. The minimum Gasteiger partial charge on any atom is -0.465 e. The molecule has 5 nitrogen and oxygen atoms in total. The molecular weight excluding hydrogens is 318 g/mol. The van der Waals surface area contributed by atoms with E-state index >= 15 is 0 Å². The molecule has 1 aliphatic heterocycles. The molecule has 5 heteroatoms. The van der Waals surface area contributed by atoms with E-state index in [4.69, 9.17) is 9.15 Å². The van der Waals surface area contributed by atoms with Gasteiger partial charge >= 0.3 is 0 Å². The van der Waals surface area contributed by atoms with Gasteiger partial charge in [0.1, 0.15) is 11.4 Å². The van der Waals surface area contributed by atoms with Crippen molar-refractivity contribution in [1.82, 2.24) is 5.32 Å². The van der Waals surface area contributed by atoms with E-state index in [2.05, 4.69) is 5.32 Å². The van der Waals surface area contributed by atoms with Crippen LogP contribution in [0.25, 0.3) is 6.08 Å². The number of amides is 1. The average molecular weight is 341 g/mol. The third kappa shape index (κ3) is 4.38. The summed E-state index contributed by atoms with van der Waals surface area (Å²) in [4.78, 5) is 12.1. The Morgan fingerprint density at radius 2 is 1.96 bits per heavy atom. The zero-order valence-corrected chi connectivity index (χ0v) is 14.1. The molecule has 1 atom stereocenters. The highest BCUT2D eigenvalue weighted by Crippen LogP contribution is 2.35. The quantitative estimate of drug-likeness (QED) is 0.793. The van der Waals surface area contributed by atoms with Crippen molar-refractivity contribution in [3.63, 3.8) is 0 Å². The molecule has 25 heavy (non-hydrogen) atoms. The van der Waals surface area contributed by atoms with Crippen molar-refractivity contribution < 1.29 is 19.1 Å². The van der Waals surface area contributed by atoms with Crippen molar-refractivity contribution in [3.8, 4) is 0 Å². The fourth-order valence-electron chi connectivity index (χ4n) is 3.21. The van der Waals surface area contributed by atoms with Crippen LogP contribution in [0.15, 0.2) is 59.2 Å². The van der Waals surface area contributed by atoms with Gasteiger partial charge in [-0.1, -0.05) is 30.3 Å². The van der Waals surface area contributed by atoms with Crippen molar-refractivity contribution in [2.24, 2.45) is 5.92 Å². The lowest BCUT2D eigenvalue weighted by molar-refractivity contribution is -0.119. The Balaban J connectivity index is 1.70. The summed E-state index contributed by atoms with van der Waals surface area (Å²) < 4.78 is 10.6. The summed E-state index contributed by atoms with van der Waals surface area (Å²) in [6, 6.07) is 13.1. The number of benzene rings is 1. The summed E-state index contributed by atoms with van der Waals surface area (Å²) in [5, 5.41) is 14.2. The van der Waals surface area contributed by atoms with Crippen LogP contribution in [0, 0.1) is 5.92 Å². The minimum atomic E-state index is -1.11. The molecular formula is C20H23NO4. The third-order valence-electron chi connectivity index (χ3n) is 4.64. The molecule has 0 radical (unpaired) electrons. The zero-order valence-electron chi connectivity index (χ0n) is 14.1. The number of hydrogen-bond acceptors (Lipinski definition) is 4. The summed E-state index contributed by atoms with van der Waals surface area (Å²) in [5.74, 6) is 0.383. The van der Waals surface area contributed by atoms with Crippen LogP contribution < -0.4 is 5.32 Å². The van der Waals surface area contributed by atoms with Gasteiger partial charge in [0, 0.05) is 19.3 Å². The van der Waals surface area contributed by atoms with E-state index in [0.29, 0.717) is 19.0 Å². The molecule has 1 aliphatic rings. The molecule has 2 heterocycles. The topological polar surface area (TPSA) is 71.7 Å². The van der Waals surface area contributed by atoms with Gasteiger partial charge in [-0.15, -0.1) is 0 Å². The standard InChI is InChI=1S/C20H23NO4/c22-19(9-8-18-7-4-12-25-18)21-15-20(23,16-5-2-1-3-6-16)17-10-13-24-14-11-17/h1-9,12,17,23H,10-11,13-15H2,(H,21,22). The lowest BCUT2D eigenvalue weighted by Gasteiger charge is -2.39. The van der Waals surface area contributed by atoms with Gasteiger partial charge in [-0.2, -0.15) is 0 Å². The monoisotopic (exact) mass is 341 g/mol. The second kappa shape index (κ2) is 8.14. The van der Waals surface area contributed by atoms with E-state index < -0.39 is 5.60 Å². The third-order valence-corrected chi connectivity index (χ3v) is 4.64. The van der Waals surface area contributed by atoms with E-state index in [1.54, 1.807) is 24.5 Å². The molecule has 1 amide bonds. The van der Waals surface area contributed by atoms with Crippen LogP contribution >= 0.6 is 0 Å². The van der Waals surface area contributed by atoms with Gasteiger partial charge in [-0.25, -0.2) is 0 Å². The van der Waals surface area contributed by atoms with E-state index in [9.17, 15) is 9.90 Å². The molecule has 1 aromatic carbocycles. The van der Waals surface area contributed by atoms with Gasteiger partial charge in [0.25, 0.3) is 0 Å². The molecule has 1 fully saturated rings. The van der Waals surface area contributed by atoms with Crippen LogP contribution in [0.5, 0.6) is 0 Å². The predicted octanol–water partition coefficient (Wildman–Crippen LogP) is 2.72. The van der Waals surface area contributed by atoms with E-state index in [0.717, 1.165) is 18.4 Å². The fraction of sp³-hybridized carbons (Fsp3) is 0.350. The van der Waals surface area contributed by atoms with Crippen LogP contribution in [0.4, 0.5) is 0 Å². The fourth-order valence-corrected chi connectivity index (χ4v) is 3.21. The number of hydrogen-bond donors (Lipinski definition) is 2. The van der Waals surface area contributed by atoms with Gasteiger partial charge in [0.05, 0.1) is 12.8 Å². The van der Waals surface area contributed by atoms with Crippen LogP contribution in [0.1, 0.15) is 24.2 Å². The highest BCUT2D eigenvalue weighted by atomic mass is 16.5. The number of furan rings is 1. The van der Waals surface area contributed by atoms with Crippen LogP contribution in [-0.4, -0.2) is 30.8 Å². The second-order valence-corrected chi connectivity index (χ2v) is 6.24. The van der Waals surface area contributed by atoms with Gasteiger partial charge < -0.3 is 19.6 Å². The first-order valence-electron chi connectivity index (χ1n) is 8.53. The molecule has 1 aromatic heterocycles. The Morgan fingerprint density at radius 1 is 1.20 bits per heavy atom. The van der Waals surface area contributed by atoms with Crippen molar-refractivity contribution >= 4 is 12.0 Å². The molecule has 0 saturated carbocycles. The van der Waals surface area contributed by atoms with Crippen molar-refractivity contribution in [1.29, 1.82) is 0 Å². The van der Waals surface area contributed by atoms with E-state index in [1.165, 1.54) is 6.08 Å². The summed E-state index contributed by atoms with van der Waals surface area (Å²) in [6.07, 6.45) is 6.10. The Hall–Kier alpha value is -2.37. The number of ether oxygens (including phenoxy) is 1. The first kappa shape index (κ1) is 17.5. The lowest BCUT2D eigenvalue weighted by atomic mass is 9.77. The maximum absolute atomic E-state index is 12.1. The van der Waals surface area contributed by atoms with Gasteiger partial charge in [-0.3, -0.25) is 4.79 Å². The number of carbonyl (C=O) groups excluding carboxylic acids is 1. The summed E-state index contributed by atoms with van der Waals surface area (Å²) in [5.41, 5.74) is -0.295. The lowest BCUT2D eigenvalue weighted by Crippen LogP contribution is -2.47. The summed E-state index contributed by atoms with van der Waals surface area (Å²) in [7, 11) is 0. The highest BCUT2D eigenvalue weighted by Gasteiger charge is 2.39. The van der Waals surface area contributed by atoms with E-state index in [1.807, 2.05) is 30.3 Å². The van der Waals surface area contributed by atoms with Crippen molar-refractivity contribution in [2.45, 2.75) is 18.4 Å². The Bertz CT molecular complexity index is 690. The molecule has 2 N–H and O–H groups in total. The minimum absolute atomic E-state index is 0.0398. The van der Waals surface area contributed by atoms with Gasteiger partial charge in [0.2, 0.25) is 5.91 Å². The first-order valence-corrected chi connectivity index (χ1v) is 8.53. The largest absolute Gasteiger partial charge is 0.465 e. The van der Waals surface area contributed by atoms with Crippen LogP contribution in [-0.2, 0) is 15.1 Å². The number of nitrogens with one attached hydrogen (secondary N) is 1. The van der Waals surface area contributed by atoms with Crippen molar-refractivity contribution in [2.75, 3.05) is 19.8 Å². The Labute approximate surface area is 147 Å². The molecule has 0 aliphatic carbocycles. The molecule has 1 saturated heterocycles. The number of rotatable bonds is 6.